The van der Waals surface area contributed by atoms with Crippen LogP contribution in [0.4, 0.5) is 0 Å². The van der Waals surface area contributed by atoms with Gasteiger partial charge in [0.05, 0.1) is 11.0 Å². The summed E-state index contributed by atoms with van der Waals surface area (Å²) in [5, 5.41) is -0.0527. The maximum absolute atomic E-state index is 11.6. The molecule has 0 amide bonds. The Labute approximate surface area is 73.7 Å². The molecule has 0 unspecified atom stereocenters. The fourth-order valence-corrected chi connectivity index (χ4v) is 3.84. The van der Waals surface area contributed by atoms with E-state index in [2.05, 4.69) is 4.90 Å². The van der Waals surface area contributed by atoms with Crippen molar-refractivity contribution in [2.24, 2.45) is 5.92 Å². The lowest BCUT2D eigenvalue weighted by Gasteiger charge is -2.35. The first kappa shape index (κ1) is 8.51. The molecule has 2 fully saturated rings. The molecule has 0 aromatic rings. The highest BCUT2D eigenvalue weighted by atomic mass is 32.2. The Morgan fingerprint density at radius 1 is 1.33 bits per heavy atom. The summed E-state index contributed by atoms with van der Waals surface area (Å²) >= 11 is 0. The normalized spacial score (nSPS) is 27.1. The van der Waals surface area contributed by atoms with Gasteiger partial charge in [0.25, 0.3) is 0 Å². The number of nitrogens with zero attached hydrogens (tertiary/aromatic N) is 1. The largest absolute Gasteiger partial charge is 0.304 e. The third-order valence-electron chi connectivity index (χ3n) is 2.70. The second-order valence-electron chi connectivity index (χ2n) is 4.12. The summed E-state index contributed by atoms with van der Waals surface area (Å²) < 4.78 is 23.2. The topological polar surface area (TPSA) is 37.4 Å². The molecule has 1 heterocycles. The van der Waals surface area contributed by atoms with Gasteiger partial charge in [0, 0.05) is 13.1 Å². The number of sulfone groups is 1. The first-order chi connectivity index (χ1) is 5.58. The molecule has 0 N–H and O–H groups in total. The fourth-order valence-electron chi connectivity index (χ4n) is 1.62. The van der Waals surface area contributed by atoms with Gasteiger partial charge in [-0.1, -0.05) is 0 Å². The highest BCUT2D eigenvalue weighted by Crippen LogP contribution is 2.32. The third-order valence-corrected chi connectivity index (χ3v) is 4.95. The van der Waals surface area contributed by atoms with Crippen molar-refractivity contribution in [2.75, 3.05) is 25.9 Å². The quantitative estimate of drug-likeness (QED) is 0.633. The summed E-state index contributed by atoms with van der Waals surface area (Å²) in [6.07, 6.45) is 2.25. The van der Waals surface area contributed by atoms with Crippen molar-refractivity contribution in [2.45, 2.75) is 18.1 Å². The van der Waals surface area contributed by atoms with E-state index in [9.17, 15) is 8.42 Å². The van der Waals surface area contributed by atoms with Gasteiger partial charge in [-0.05, 0) is 25.8 Å². The number of rotatable bonds is 3. The molecule has 1 saturated heterocycles. The maximum Gasteiger partial charge on any atom is 0.155 e. The molecule has 4 heteroatoms. The fraction of sp³-hybridized carbons (Fsp3) is 1.00. The molecule has 2 aliphatic rings. The second kappa shape index (κ2) is 2.70. The summed E-state index contributed by atoms with van der Waals surface area (Å²) in [4.78, 5) is 2.05. The Morgan fingerprint density at radius 3 is 2.33 bits per heavy atom. The number of hydrogen-bond acceptors (Lipinski definition) is 3. The SMILES string of the molecule is CN1CC(S(=O)(=O)CC2CC2)C1. The van der Waals surface area contributed by atoms with Crippen LogP contribution in [0.2, 0.25) is 0 Å². The Morgan fingerprint density at radius 2 is 1.92 bits per heavy atom. The van der Waals surface area contributed by atoms with Crippen LogP contribution in [-0.4, -0.2) is 44.5 Å². The lowest BCUT2D eigenvalue weighted by molar-refractivity contribution is 0.231. The van der Waals surface area contributed by atoms with Gasteiger partial charge >= 0.3 is 0 Å². The summed E-state index contributed by atoms with van der Waals surface area (Å²) in [6, 6.07) is 0. The van der Waals surface area contributed by atoms with E-state index in [0.717, 1.165) is 25.9 Å². The van der Waals surface area contributed by atoms with Crippen molar-refractivity contribution >= 4 is 9.84 Å². The molecule has 1 aliphatic carbocycles. The van der Waals surface area contributed by atoms with Gasteiger partial charge in [0.2, 0.25) is 0 Å². The molecule has 3 nitrogen and oxygen atoms in total. The molecule has 1 saturated carbocycles. The third kappa shape index (κ3) is 1.64. The van der Waals surface area contributed by atoms with E-state index in [1.54, 1.807) is 0 Å². The van der Waals surface area contributed by atoms with E-state index in [1.165, 1.54) is 0 Å². The van der Waals surface area contributed by atoms with E-state index >= 15 is 0 Å². The molecular formula is C8H15NO2S. The highest BCUT2D eigenvalue weighted by Gasteiger charge is 2.38. The van der Waals surface area contributed by atoms with Gasteiger partial charge < -0.3 is 4.90 Å². The van der Waals surface area contributed by atoms with Crippen LogP contribution in [0.1, 0.15) is 12.8 Å². The van der Waals surface area contributed by atoms with E-state index in [0.29, 0.717) is 11.7 Å². The van der Waals surface area contributed by atoms with Crippen LogP contribution >= 0.6 is 0 Å². The minimum Gasteiger partial charge on any atom is -0.304 e. The van der Waals surface area contributed by atoms with Gasteiger partial charge in [-0.25, -0.2) is 8.42 Å². The number of hydrogen-bond donors (Lipinski definition) is 0. The van der Waals surface area contributed by atoms with Crippen LogP contribution in [0.25, 0.3) is 0 Å². The first-order valence-corrected chi connectivity index (χ1v) is 6.19. The van der Waals surface area contributed by atoms with Crippen LogP contribution in [0.3, 0.4) is 0 Å². The smallest absolute Gasteiger partial charge is 0.155 e. The Balaban J connectivity index is 1.91. The van der Waals surface area contributed by atoms with Gasteiger partial charge in [-0.2, -0.15) is 0 Å². The average molecular weight is 189 g/mol. The lowest BCUT2D eigenvalue weighted by atomic mass is 10.2. The first-order valence-electron chi connectivity index (χ1n) is 4.48. The molecule has 0 aromatic carbocycles. The summed E-state index contributed by atoms with van der Waals surface area (Å²) in [7, 11) is -0.773. The van der Waals surface area contributed by atoms with Crippen molar-refractivity contribution in [3.8, 4) is 0 Å². The zero-order chi connectivity index (χ0) is 8.77. The maximum atomic E-state index is 11.6. The summed E-state index contributed by atoms with van der Waals surface area (Å²) in [6.45, 7) is 1.49. The van der Waals surface area contributed by atoms with E-state index in [1.807, 2.05) is 7.05 Å². The van der Waals surface area contributed by atoms with Crippen LogP contribution in [0, 0.1) is 5.92 Å². The van der Waals surface area contributed by atoms with Crippen LogP contribution in [0.5, 0.6) is 0 Å². The van der Waals surface area contributed by atoms with Crippen molar-refractivity contribution in [3.63, 3.8) is 0 Å². The Hall–Kier alpha value is -0.0900. The van der Waals surface area contributed by atoms with Crippen LogP contribution in [-0.2, 0) is 9.84 Å². The van der Waals surface area contributed by atoms with Gasteiger partial charge in [-0.3, -0.25) is 0 Å². The average Bonchev–Trinajstić information content (AvgIpc) is 2.63. The molecule has 0 aromatic heterocycles. The van der Waals surface area contributed by atoms with Gasteiger partial charge in [0.1, 0.15) is 0 Å². The molecule has 0 bridgehead atoms. The molecule has 1 aliphatic heterocycles. The van der Waals surface area contributed by atoms with Crippen molar-refractivity contribution in [3.05, 3.63) is 0 Å². The predicted octanol–water partition coefficient (Wildman–Crippen LogP) is 0.125. The molecular weight excluding hydrogens is 174 g/mol. The number of likely N-dealkylation sites (tertiary alicyclic amines) is 1. The van der Waals surface area contributed by atoms with E-state index < -0.39 is 9.84 Å². The zero-order valence-electron chi connectivity index (χ0n) is 7.36. The molecule has 12 heavy (non-hydrogen) atoms. The molecule has 2 rings (SSSR count). The summed E-state index contributed by atoms with van der Waals surface area (Å²) in [5.74, 6) is 0.951. The monoisotopic (exact) mass is 189 g/mol. The van der Waals surface area contributed by atoms with Crippen LogP contribution < -0.4 is 0 Å². The zero-order valence-corrected chi connectivity index (χ0v) is 8.18. The molecule has 0 radical (unpaired) electrons. The molecule has 70 valence electrons. The van der Waals surface area contributed by atoms with Crippen molar-refractivity contribution in [1.29, 1.82) is 0 Å². The Bertz CT molecular complexity index is 263. The second-order valence-corrected chi connectivity index (χ2v) is 6.44. The van der Waals surface area contributed by atoms with Crippen molar-refractivity contribution in [1.82, 2.24) is 4.90 Å². The van der Waals surface area contributed by atoms with E-state index in [4.69, 9.17) is 0 Å². The predicted molar refractivity (Wildman–Crippen MR) is 47.8 cm³/mol. The van der Waals surface area contributed by atoms with Crippen molar-refractivity contribution < 1.29 is 8.42 Å². The lowest BCUT2D eigenvalue weighted by Crippen LogP contribution is -2.53. The standard InChI is InChI=1S/C8H15NO2S/c1-9-4-8(5-9)12(10,11)6-7-2-3-7/h7-8H,2-6H2,1H3. The minimum absolute atomic E-state index is 0.0527. The minimum atomic E-state index is -2.73. The molecule has 0 spiro atoms. The van der Waals surface area contributed by atoms with Gasteiger partial charge in [0.15, 0.2) is 9.84 Å². The van der Waals surface area contributed by atoms with E-state index in [-0.39, 0.29) is 5.25 Å². The van der Waals surface area contributed by atoms with Gasteiger partial charge in [-0.15, -0.1) is 0 Å². The Kier molecular flexibility index (Phi) is 1.92. The van der Waals surface area contributed by atoms with Crippen LogP contribution in [0.15, 0.2) is 0 Å². The highest BCUT2D eigenvalue weighted by molar-refractivity contribution is 7.92. The molecule has 0 atom stereocenters. The summed E-state index contributed by atoms with van der Waals surface area (Å²) in [5.41, 5.74) is 0.